The molecule has 3 nitrogen and oxygen atoms in total. The fourth-order valence-electron chi connectivity index (χ4n) is 2.87. The van der Waals surface area contributed by atoms with E-state index >= 15 is 0 Å². The first-order valence-electron chi connectivity index (χ1n) is 7.72. The maximum absolute atomic E-state index is 4.69. The summed E-state index contributed by atoms with van der Waals surface area (Å²) < 4.78 is 0. The van der Waals surface area contributed by atoms with Gasteiger partial charge in [0.25, 0.3) is 0 Å². The third-order valence-corrected chi connectivity index (χ3v) is 5.26. The second-order valence-electron chi connectivity index (χ2n) is 5.43. The molecule has 0 aliphatic carbocycles. The average Bonchev–Trinajstić information content (AvgIpc) is 2.78. The fourth-order valence-corrected chi connectivity index (χ4v) is 3.91. The third kappa shape index (κ3) is 3.69. The number of hydrogen-bond donors (Lipinski definition) is 1. The Morgan fingerprint density at radius 1 is 1.42 bits per heavy atom. The maximum Gasteiger partial charge on any atom is 0.185 e. The Balaban J connectivity index is 2.10. The van der Waals surface area contributed by atoms with E-state index in [0.717, 1.165) is 6.54 Å². The summed E-state index contributed by atoms with van der Waals surface area (Å²) in [4.78, 5) is 8.60. The van der Waals surface area contributed by atoms with Crippen molar-refractivity contribution in [3.05, 3.63) is 11.1 Å². The van der Waals surface area contributed by atoms with E-state index in [1.807, 2.05) is 11.3 Å². The van der Waals surface area contributed by atoms with E-state index in [1.54, 1.807) is 0 Å². The van der Waals surface area contributed by atoms with Crippen LogP contribution in [0.3, 0.4) is 0 Å². The van der Waals surface area contributed by atoms with Crippen LogP contribution in [0, 0.1) is 0 Å². The molecule has 0 bridgehead atoms. The Bertz CT molecular complexity index is 377. The van der Waals surface area contributed by atoms with Gasteiger partial charge in [-0.05, 0) is 32.7 Å². The Morgan fingerprint density at radius 2 is 2.26 bits per heavy atom. The molecule has 0 amide bonds. The van der Waals surface area contributed by atoms with Crippen molar-refractivity contribution < 1.29 is 0 Å². The molecular weight excluding hydrogens is 254 g/mol. The van der Waals surface area contributed by atoms with E-state index < -0.39 is 0 Å². The lowest BCUT2D eigenvalue weighted by atomic mass is 10.1. The van der Waals surface area contributed by atoms with Crippen LogP contribution in [0.5, 0.6) is 0 Å². The number of rotatable bonds is 5. The highest BCUT2D eigenvalue weighted by molar-refractivity contribution is 7.15. The number of thiazole rings is 1. The molecule has 1 aromatic rings. The van der Waals surface area contributed by atoms with Crippen molar-refractivity contribution in [2.45, 2.75) is 65.0 Å². The van der Waals surface area contributed by atoms with Crippen molar-refractivity contribution in [1.82, 2.24) is 10.3 Å². The lowest BCUT2D eigenvalue weighted by molar-refractivity contribution is 0.555. The molecule has 19 heavy (non-hydrogen) atoms. The summed E-state index contributed by atoms with van der Waals surface area (Å²) in [7, 11) is 0. The first-order chi connectivity index (χ1) is 9.26. The third-order valence-electron chi connectivity index (χ3n) is 4.04. The molecule has 1 aliphatic rings. The van der Waals surface area contributed by atoms with Crippen molar-refractivity contribution in [1.29, 1.82) is 0 Å². The van der Waals surface area contributed by atoms with Gasteiger partial charge in [-0.1, -0.05) is 26.7 Å². The van der Waals surface area contributed by atoms with Gasteiger partial charge in [0.05, 0.1) is 0 Å². The fraction of sp³-hybridized carbons (Fsp3) is 0.800. The Hall–Kier alpha value is -0.610. The van der Waals surface area contributed by atoms with Crippen LogP contribution in [0.4, 0.5) is 5.13 Å². The predicted octanol–water partition coefficient (Wildman–Crippen LogP) is 3.97. The first-order valence-corrected chi connectivity index (χ1v) is 8.53. The zero-order valence-electron chi connectivity index (χ0n) is 12.5. The highest BCUT2D eigenvalue weighted by atomic mass is 32.1. The van der Waals surface area contributed by atoms with Crippen molar-refractivity contribution in [2.24, 2.45) is 0 Å². The van der Waals surface area contributed by atoms with Gasteiger partial charge in [-0.15, -0.1) is 11.3 Å². The van der Waals surface area contributed by atoms with Crippen LogP contribution in [0.2, 0.25) is 0 Å². The SMILES string of the molecule is CCNC(C)c1cnc(N2CCCCCC2CC)s1. The zero-order valence-corrected chi connectivity index (χ0v) is 13.3. The summed E-state index contributed by atoms with van der Waals surface area (Å²) >= 11 is 1.87. The predicted molar refractivity (Wildman–Crippen MR) is 84.1 cm³/mol. The molecule has 2 heterocycles. The molecule has 2 atom stereocenters. The molecule has 0 saturated carbocycles. The molecule has 0 spiro atoms. The Labute approximate surface area is 121 Å². The van der Waals surface area contributed by atoms with Gasteiger partial charge in [0.1, 0.15) is 0 Å². The van der Waals surface area contributed by atoms with Gasteiger partial charge in [0.2, 0.25) is 0 Å². The highest BCUT2D eigenvalue weighted by Gasteiger charge is 2.22. The highest BCUT2D eigenvalue weighted by Crippen LogP contribution is 2.31. The lowest BCUT2D eigenvalue weighted by Gasteiger charge is -2.28. The van der Waals surface area contributed by atoms with Gasteiger partial charge in [-0.2, -0.15) is 0 Å². The average molecular weight is 281 g/mol. The minimum Gasteiger partial charge on any atom is -0.345 e. The van der Waals surface area contributed by atoms with Gasteiger partial charge >= 0.3 is 0 Å². The molecule has 4 heteroatoms. The normalized spacial score (nSPS) is 22.3. The summed E-state index contributed by atoms with van der Waals surface area (Å²) in [5, 5.41) is 4.70. The quantitative estimate of drug-likeness (QED) is 0.885. The minimum atomic E-state index is 0.420. The van der Waals surface area contributed by atoms with Crippen LogP contribution >= 0.6 is 11.3 Å². The smallest absolute Gasteiger partial charge is 0.185 e. The van der Waals surface area contributed by atoms with Crippen molar-refractivity contribution >= 4 is 16.5 Å². The summed E-state index contributed by atoms with van der Waals surface area (Å²) in [5.41, 5.74) is 0. The van der Waals surface area contributed by atoms with Crippen molar-refractivity contribution in [3.63, 3.8) is 0 Å². The molecule has 2 rings (SSSR count). The van der Waals surface area contributed by atoms with Crippen LogP contribution in [-0.2, 0) is 0 Å². The molecule has 0 aromatic carbocycles. The summed E-state index contributed by atoms with van der Waals surface area (Å²) in [6.07, 6.45) is 8.69. The minimum absolute atomic E-state index is 0.420. The van der Waals surface area contributed by atoms with Crippen LogP contribution in [0.1, 0.15) is 63.8 Å². The second kappa shape index (κ2) is 7.25. The Kier molecular flexibility index (Phi) is 5.64. The molecule has 1 N–H and O–H groups in total. The summed E-state index contributed by atoms with van der Waals surface area (Å²) in [6, 6.07) is 1.11. The van der Waals surface area contributed by atoms with Crippen molar-refractivity contribution in [3.8, 4) is 0 Å². The van der Waals surface area contributed by atoms with Gasteiger partial charge < -0.3 is 10.2 Å². The Morgan fingerprint density at radius 3 is 3.00 bits per heavy atom. The number of aromatic nitrogens is 1. The van der Waals surface area contributed by atoms with Gasteiger partial charge in [-0.3, -0.25) is 0 Å². The van der Waals surface area contributed by atoms with Gasteiger partial charge in [0.15, 0.2) is 5.13 Å². The topological polar surface area (TPSA) is 28.2 Å². The van der Waals surface area contributed by atoms with E-state index in [1.165, 1.54) is 48.7 Å². The lowest BCUT2D eigenvalue weighted by Crippen LogP contribution is -2.34. The standard InChI is InChI=1S/C15H27N3S/c1-4-13-9-7-6-8-10-18(13)15-17-11-14(19-15)12(3)16-5-2/h11-13,16H,4-10H2,1-3H3. The molecule has 108 valence electrons. The van der Waals surface area contributed by atoms with E-state index in [0.29, 0.717) is 12.1 Å². The van der Waals surface area contributed by atoms with Crippen LogP contribution in [-0.4, -0.2) is 24.1 Å². The molecule has 1 saturated heterocycles. The summed E-state index contributed by atoms with van der Waals surface area (Å²) in [6.45, 7) is 8.87. The molecule has 2 unspecified atom stereocenters. The van der Waals surface area contributed by atoms with Crippen molar-refractivity contribution in [2.75, 3.05) is 18.0 Å². The van der Waals surface area contributed by atoms with E-state index in [4.69, 9.17) is 0 Å². The number of hydrogen-bond acceptors (Lipinski definition) is 4. The number of nitrogens with one attached hydrogen (secondary N) is 1. The monoisotopic (exact) mass is 281 g/mol. The second-order valence-corrected chi connectivity index (χ2v) is 6.47. The molecular formula is C15H27N3S. The summed E-state index contributed by atoms with van der Waals surface area (Å²) in [5.74, 6) is 0. The van der Waals surface area contributed by atoms with Gasteiger partial charge in [0, 0.05) is 29.7 Å². The van der Waals surface area contributed by atoms with E-state index in [2.05, 4.69) is 42.2 Å². The maximum atomic E-state index is 4.69. The number of nitrogens with zero attached hydrogens (tertiary/aromatic N) is 2. The number of anilines is 1. The van der Waals surface area contributed by atoms with Crippen LogP contribution in [0.25, 0.3) is 0 Å². The molecule has 1 aliphatic heterocycles. The van der Waals surface area contributed by atoms with Gasteiger partial charge in [-0.25, -0.2) is 4.98 Å². The molecule has 0 radical (unpaired) electrons. The first kappa shape index (κ1) is 14.8. The zero-order chi connectivity index (χ0) is 13.7. The van der Waals surface area contributed by atoms with E-state index in [-0.39, 0.29) is 0 Å². The van der Waals surface area contributed by atoms with Crippen LogP contribution < -0.4 is 10.2 Å². The molecule has 1 fully saturated rings. The largest absolute Gasteiger partial charge is 0.345 e. The van der Waals surface area contributed by atoms with Crippen LogP contribution in [0.15, 0.2) is 6.20 Å². The van der Waals surface area contributed by atoms with E-state index in [9.17, 15) is 0 Å². The molecule has 1 aromatic heterocycles.